The highest BCUT2D eigenvalue weighted by molar-refractivity contribution is 7.79. The topological polar surface area (TPSA) is 0 Å². The van der Waals surface area contributed by atoms with Gasteiger partial charge in [0.05, 0.1) is 0 Å². The van der Waals surface area contributed by atoms with Gasteiger partial charge in [0, 0.05) is 19.3 Å². The first kappa shape index (κ1) is 77.2. The molecule has 0 aliphatic rings. The first-order valence-electron chi connectivity index (χ1n) is 21.3. The maximum atomic E-state index is 15.2. The molecule has 506 valence electrons. The lowest BCUT2D eigenvalue weighted by Crippen LogP contribution is -2.72. The van der Waals surface area contributed by atoms with Crippen LogP contribution in [0.1, 0.15) is 16.7 Å². The Morgan fingerprint density at radius 3 is 0.500 bits per heavy atom. The summed E-state index contributed by atoms with van der Waals surface area (Å²) in [5.74, 6) is -152. The van der Waals surface area contributed by atoms with E-state index in [1.165, 1.54) is 0 Å². The van der Waals surface area contributed by atoms with Crippen LogP contribution in [-0.4, -0.2) is 125 Å². The minimum atomic E-state index is -8.94. The van der Waals surface area contributed by atoms with E-state index in [1.807, 2.05) is 0 Å². The molecule has 0 fully saturated rings. The average molecular weight is 1410 g/mol. The van der Waals surface area contributed by atoms with Crippen LogP contribution >= 0.6 is 7.92 Å². The highest BCUT2D eigenvalue weighted by Crippen LogP contribution is 2.66. The van der Waals surface area contributed by atoms with Crippen molar-refractivity contribution in [3.63, 3.8) is 0 Å². The van der Waals surface area contributed by atoms with E-state index in [0.717, 1.165) is 0 Å². The first-order valence-corrected chi connectivity index (χ1v) is 22.6. The molecule has 3 aromatic carbocycles. The minimum Gasteiger partial charge on any atom is -0.199 e. The number of alkyl halides is 45. The Balaban J connectivity index is 2.41. The van der Waals surface area contributed by atoms with E-state index in [-0.39, 0.29) is 72.8 Å². The second kappa shape index (κ2) is 21.8. The molecular weight excluding hydrogens is 1390 g/mol. The lowest BCUT2D eigenvalue weighted by Gasteiger charge is -2.41. The Kier molecular flexibility index (Phi) is 19.1. The summed E-state index contributed by atoms with van der Waals surface area (Å²) in [5.41, 5.74) is -6.01. The van der Waals surface area contributed by atoms with E-state index >= 15 is 26.3 Å². The van der Waals surface area contributed by atoms with E-state index < -0.39 is 185 Å². The predicted octanol–water partition coefficient (Wildman–Crippen LogP) is 18.2. The molecule has 88 heavy (non-hydrogen) atoms. The van der Waals surface area contributed by atoms with Crippen LogP contribution in [0.4, 0.5) is 198 Å². The number of rotatable bonds is 24. The van der Waals surface area contributed by atoms with Crippen LogP contribution < -0.4 is 15.9 Å². The second-order valence-corrected chi connectivity index (χ2v) is 20.3. The van der Waals surface area contributed by atoms with Gasteiger partial charge < -0.3 is 0 Å². The summed E-state index contributed by atoms with van der Waals surface area (Å²) in [6, 6.07) is -0.979. The Bertz CT molecular complexity index is 2640. The molecule has 0 radical (unpaired) electrons. The van der Waals surface area contributed by atoms with Gasteiger partial charge in [0.1, 0.15) is 0 Å². The molecule has 0 saturated carbocycles. The van der Waals surface area contributed by atoms with Crippen molar-refractivity contribution in [1.29, 1.82) is 0 Å². The van der Waals surface area contributed by atoms with Crippen LogP contribution in [0.15, 0.2) is 72.8 Å². The minimum absolute atomic E-state index is 0.0246. The summed E-state index contributed by atoms with van der Waals surface area (Å²) in [7, 11) is -3.91. The third-order valence-corrected chi connectivity index (χ3v) is 14.3. The first-order chi connectivity index (χ1) is 38.2. The van der Waals surface area contributed by atoms with E-state index in [1.54, 1.807) is 0 Å². The van der Waals surface area contributed by atoms with Gasteiger partial charge in [0.2, 0.25) is 0 Å². The molecule has 0 aliphatic heterocycles. The van der Waals surface area contributed by atoms with Crippen LogP contribution in [0.5, 0.6) is 0 Å². The van der Waals surface area contributed by atoms with Crippen LogP contribution in [-0.2, 0) is 19.3 Å². The molecule has 0 spiro atoms. The summed E-state index contributed by atoms with van der Waals surface area (Å²) in [6.45, 7) is 0. The van der Waals surface area contributed by atoms with Crippen molar-refractivity contribution in [2.24, 2.45) is 0 Å². The summed E-state index contributed by atoms with van der Waals surface area (Å²) in [5, 5.41) is -4.25. The summed E-state index contributed by atoms with van der Waals surface area (Å²) >= 11 is 0. The Hall–Kier alpha value is -5.06. The van der Waals surface area contributed by atoms with Gasteiger partial charge in [-0.05, 0) is 40.5 Å². The van der Waals surface area contributed by atoms with Gasteiger partial charge >= 0.3 is 125 Å². The SMILES string of the molecule is FC(F)(F)C(F)(F)C(F)(F)C(F)(F)C(F)(F)C(F)(F)C(F)(F)Cc1cccc(P(c2cccc(CC(F)(F)C(F)(F)C(F)(F)C(F)(F)C(F)(F)C(F)(F)C(F)(F)F)c2)c2cccc(CC(F)(F)C(F)(F)C(F)(F)C(F)(F)C(F)(F)C(F)(F)C(F)(F)F)c2)c1. The lowest BCUT2D eigenvalue weighted by molar-refractivity contribution is -0.452. The van der Waals surface area contributed by atoms with Crippen LogP contribution in [0.25, 0.3) is 0 Å². The van der Waals surface area contributed by atoms with Crippen molar-refractivity contribution in [1.82, 2.24) is 0 Å². The molecule has 3 aromatic rings. The summed E-state index contributed by atoms with van der Waals surface area (Å²) < 4.78 is 628. The van der Waals surface area contributed by atoms with Crippen molar-refractivity contribution < 1.29 is 198 Å². The van der Waals surface area contributed by atoms with Crippen molar-refractivity contribution in [2.45, 2.75) is 144 Å². The number of hydrogen-bond acceptors (Lipinski definition) is 0. The average Bonchev–Trinajstić information content (AvgIpc) is 0.722. The van der Waals surface area contributed by atoms with Gasteiger partial charge in [-0.2, -0.15) is 198 Å². The summed E-state index contributed by atoms with van der Waals surface area (Å²) in [4.78, 5) is 0. The van der Waals surface area contributed by atoms with Crippen molar-refractivity contribution in [3.8, 4) is 0 Å². The zero-order chi connectivity index (χ0) is 70.1. The molecule has 0 aliphatic carbocycles. The monoisotopic (exact) mass is 1410 g/mol. The van der Waals surface area contributed by atoms with E-state index in [0.29, 0.717) is 0 Å². The van der Waals surface area contributed by atoms with E-state index in [2.05, 4.69) is 0 Å². The van der Waals surface area contributed by atoms with Gasteiger partial charge in [-0.1, -0.05) is 72.8 Å². The third-order valence-electron chi connectivity index (χ3n) is 12.0. The number of benzene rings is 3. The molecule has 0 unspecified atom stereocenters. The van der Waals surface area contributed by atoms with Gasteiger partial charge in [0.25, 0.3) is 0 Å². The zero-order valence-electron chi connectivity index (χ0n) is 40.0. The van der Waals surface area contributed by atoms with Gasteiger partial charge in [0.15, 0.2) is 0 Å². The zero-order valence-corrected chi connectivity index (χ0v) is 40.9. The molecule has 0 N–H and O–H groups in total. The van der Waals surface area contributed by atoms with Gasteiger partial charge in [-0.3, -0.25) is 0 Å². The molecule has 0 bridgehead atoms. The normalized spacial score (nSPS) is 16.0. The quantitative estimate of drug-likeness (QED) is 0.0619. The maximum absolute atomic E-state index is 15.2. The molecule has 0 atom stereocenters. The fourth-order valence-corrected chi connectivity index (χ4v) is 9.45. The highest BCUT2D eigenvalue weighted by Gasteiger charge is 2.96. The largest absolute Gasteiger partial charge is 0.460 e. The standard InChI is InChI=1S/C42H18F45P/c43-22(44,25(49,50)28(55,56)31(61,62)34(67,68)37(73,74)40(79,80)81)13-16-4-1-7-19(10-16)88(20-8-2-5-17(11-20)14-23(45,46)26(51,52)29(57,58)32(63,64)35(69,70)38(75,76)41(82,83)84)21-9-3-6-18(12-21)15-24(47,48)27(53,54)30(59,60)33(65,66)36(71,72)39(77,78)42(85,86)87/h1-12H,13-15H2. The third kappa shape index (κ3) is 11.3. The molecular formula is C42H18F45P. The van der Waals surface area contributed by atoms with Crippen molar-refractivity contribution >= 4 is 23.8 Å². The fourth-order valence-electron chi connectivity index (χ4n) is 6.96. The molecule has 0 saturated heterocycles. The van der Waals surface area contributed by atoms with E-state index in [4.69, 9.17) is 0 Å². The Morgan fingerprint density at radius 2 is 0.341 bits per heavy atom. The van der Waals surface area contributed by atoms with E-state index in [9.17, 15) is 171 Å². The number of hydrogen-bond donors (Lipinski definition) is 0. The van der Waals surface area contributed by atoms with Crippen LogP contribution in [0, 0.1) is 0 Å². The Morgan fingerprint density at radius 1 is 0.193 bits per heavy atom. The second-order valence-electron chi connectivity index (χ2n) is 18.1. The van der Waals surface area contributed by atoms with Crippen LogP contribution in [0.2, 0.25) is 0 Å². The smallest absolute Gasteiger partial charge is 0.199 e. The molecule has 3 rings (SSSR count). The molecule has 0 heterocycles. The molecule has 0 nitrogen and oxygen atoms in total. The fraction of sp³-hybridized carbons (Fsp3) is 0.571. The van der Waals surface area contributed by atoms with Gasteiger partial charge in [-0.15, -0.1) is 0 Å². The predicted molar refractivity (Wildman–Crippen MR) is 203 cm³/mol. The van der Waals surface area contributed by atoms with Crippen molar-refractivity contribution in [2.75, 3.05) is 0 Å². The molecule has 46 heteroatoms. The highest BCUT2D eigenvalue weighted by atomic mass is 31.1. The lowest BCUT2D eigenvalue weighted by atomic mass is 9.89. The molecule has 0 aromatic heterocycles. The van der Waals surface area contributed by atoms with Crippen molar-refractivity contribution in [3.05, 3.63) is 89.5 Å². The Labute approximate surface area is 455 Å². The van der Waals surface area contributed by atoms with Gasteiger partial charge in [-0.25, -0.2) is 0 Å². The summed E-state index contributed by atoms with van der Waals surface area (Å²) in [6.07, 6.45) is -34.8. The molecule has 0 amide bonds. The number of halogens is 45. The van der Waals surface area contributed by atoms with Crippen LogP contribution in [0.3, 0.4) is 0 Å². The maximum Gasteiger partial charge on any atom is 0.460 e.